The molecule has 0 spiro atoms. The largest absolute Gasteiger partial charge is 0.460 e. The number of nitrogens with one attached hydrogen (secondary N) is 2. The first kappa shape index (κ1) is 17.8. The maximum absolute atomic E-state index is 13.1. The highest BCUT2D eigenvalue weighted by molar-refractivity contribution is 5.93. The van der Waals surface area contributed by atoms with Crippen molar-refractivity contribution >= 4 is 5.91 Å². The summed E-state index contributed by atoms with van der Waals surface area (Å²) in [6, 6.07) is 9.28. The van der Waals surface area contributed by atoms with Gasteiger partial charge in [-0.1, -0.05) is 18.2 Å². The summed E-state index contributed by atoms with van der Waals surface area (Å²) in [5.41, 5.74) is -0.218. The summed E-state index contributed by atoms with van der Waals surface area (Å²) in [7, 11) is 0. The van der Waals surface area contributed by atoms with Crippen LogP contribution >= 0.6 is 0 Å². The van der Waals surface area contributed by atoms with Crippen molar-refractivity contribution in [2.75, 3.05) is 0 Å². The van der Waals surface area contributed by atoms with Gasteiger partial charge in [0.15, 0.2) is 11.5 Å². The van der Waals surface area contributed by atoms with Crippen LogP contribution in [0.15, 0.2) is 46.9 Å². The number of halogens is 3. The summed E-state index contributed by atoms with van der Waals surface area (Å²) in [5.74, 6) is 0.641. The van der Waals surface area contributed by atoms with E-state index in [0.717, 1.165) is 6.07 Å². The van der Waals surface area contributed by atoms with Gasteiger partial charge in [-0.2, -0.15) is 18.3 Å². The molecule has 2 heterocycles. The van der Waals surface area contributed by atoms with E-state index in [2.05, 4.69) is 15.5 Å². The van der Waals surface area contributed by atoms with E-state index in [1.54, 1.807) is 19.1 Å². The molecule has 3 aromatic rings. The van der Waals surface area contributed by atoms with Gasteiger partial charge in [0.2, 0.25) is 0 Å². The molecule has 1 atom stereocenters. The Morgan fingerprint density at radius 2 is 1.96 bits per heavy atom. The van der Waals surface area contributed by atoms with Crippen LogP contribution in [0, 0.1) is 6.92 Å². The molecule has 8 heteroatoms. The van der Waals surface area contributed by atoms with Gasteiger partial charge in [0.25, 0.3) is 5.91 Å². The lowest BCUT2D eigenvalue weighted by Gasteiger charge is -2.19. The molecule has 0 unspecified atom stereocenters. The first-order valence-electron chi connectivity index (χ1n) is 7.85. The van der Waals surface area contributed by atoms with Crippen molar-refractivity contribution in [2.24, 2.45) is 0 Å². The number of furan rings is 1. The van der Waals surface area contributed by atoms with Crippen LogP contribution in [0.1, 0.15) is 40.3 Å². The van der Waals surface area contributed by atoms with E-state index in [4.69, 9.17) is 4.42 Å². The minimum atomic E-state index is -4.49. The molecule has 0 aliphatic heterocycles. The van der Waals surface area contributed by atoms with Gasteiger partial charge in [-0.3, -0.25) is 9.89 Å². The average molecular weight is 363 g/mol. The quantitative estimate of drug-likeness (QED) is 0.718. The molecule has 2 N–H and O–H groups in total. The summed E-state index contributed by atoms with van der Waals surface area (Å²) in [6.45, 7) is 3.28. The SMILES string of the molecule is Cc1ccc(-c2cc(C(=O)N[C@H](C)c3ccccc3C(F)(F)F)n[nH]2)o1. The van der Waals surface area contributed by atoms with E-state index in [-0.39, 0.29) is 11.3 Å². The number of aromatic amines is 1. The molecule has 136 valence electrons. The van der Waals surface area contributed by atoms with Gasteiger partial charge >= 0.3 is 6.18 Å². The van der Waals surface area contributed by atoms with Gasteiger partial charge in [-0.25, -0.2) is 0 Å². The van der Waals surface area contributed by atoms with Gasteiger partial charge in [-0.15, -0.1) is 0 Å². The third-order valence-corrected chi connectivity index (χ3v) is 3.90. The molecule has 0 aliphatic rings. The van der Waals surface area contributed by atoms with Crippen molar-refractivity contribution in [1.82, 2.24) is 15.5 Å². The molecule has 0 saturated heterocycles. The topological polar surface area (TPSA) is 70.9 Å². The number of hydrogen-bond donors (Lipinski definition) is 2. The molecular formula is C18H16F3N3O2. The number of benzene rings is 1. The minimum Gasteiger partial charge on any atom is -0.460 e. The standard InChI is InChI=1S/C18H16F3N3O2/c1-10-7-8-16(26-10)14-9-15(24-23-14)17(25)22-11(2)12-5-3-4-6-13(12)18(19,20)21/h3-9,11H,1-2H3,(H,22,25)(H,23,24)/t11-/m1/s1. The van der Waals surface area contributed by atoms with Crippen LogP contribution < -0.4 is 5.32 Å². The zero-order valence-corrected chi connectivity index (χ0v) is 14.0. The Hall–Kier alpha value is -3.03. The van der Waals surface area contributed by atoms with Crippen LogP contribution in [0.5, 0.6) is 0 Å². The predicted octanol–water partition coefficient (Wildman–Crippen LogP) is 4.49. The highest BCUT2D eigenvalue weighted by atomic mass is 19.4. The number of aryl methyl sites for hydroxylation is 1. The van der Waals surface area contributed by atoms with E-state index >= 15 is 0 Å². The second-order valence-electron chi connectivity index (χ2n) is 5.86. The molecule has 0 fully saturated rings. The molecule has 1 aromatic carbocycles. The number of carbonyl (C=O) groups excluding carboxylic acids is 1. The Kier molecular flexibility index (Phi) is 4.58. The van der Waals surface area contributed by atoms with Gasteiger partial charge < -0.3 is 9.73 Å². The fraction of sp³-hybridized carbons (Fsp3) is 0.222. The van der Waals surface area contributed by atoms with Crippen molar-refractivity contribution in [3.8, 4) is 11.5 Å². The number of hydrogen-bond acceptors (Lipinski definition) is 3. The molecule has 3 rings (SSSR count). The second-order valence-corrected chi connectivity index (χ2v) is 5.86. The van der Waals surface area contributed by atoms with Crippen molar-refractivity contribution in [1.29, 1.82) is 0 Å². The summed E-state index contributed by atoms with van der Waals surface area (Å²) in [5, 5.41) is 9.12. The van der Waals surface area contributed by atoms with Gasteiger partial charge in [0.1, 0.15) is 11.5 Å². The normalized spacial score (nSPS) is 12.8. The Balaban J connectivity index is 1.78. The van der Waals surface area contributed by atoms with Crippen molar-refractivity contribution < 1.29 is 22.4 Å². The highest BCUT2D eigenvalue weighted by Crippen LogP contribution is 2.34. The maximum atomic E-state index is 13.1. The Morgan fingerprint density at radius 3 is 2.62 bits per heavy atom. The molecule has 0 radical (unpaired) electrons. The van der Waals surface area contributed by atoms with Crippen molar-refractivity contribution in [2.45, 2.75) is 26.1 Å². The number of H-pyrrole nitrogens is 1. The summed E-state index contributed by atoms with van der Waals surface area (Å²) >= 11 is 0. The molecule has 5 nitrogen and oxygen atoms in total. The van der Waals surface area contributed by atoms with E-state index in [0.29, 0.717) is 17.2 Å². The summed E-state index contributed by atoms with van der Waals surface area (Å²) in [4.78, 5) is 12.3. The van der Waals surface area contributed by atoms with E-state index in [1.807, 2.05) is 0 Å². The highest BCUT2D eigenvalue weighted by Gasteiger charge is 2.34. The zero-order chi connectivity index (χ0) is 18.9. The van der Waals surface area contributed by atoms with Gasteiger partial charge in [0.05, 0.1) is 11.6 Å². The predicted molar refractivity (Wildman–Crippen MR) is 88.4 cm³/mol. The van der Waals surface area contributed by atoms with Crippen molar-refractivity contribution in [3.05, 3.63) is 65.0 Å². The second kappa shape index (κ2) is 6.70. The zero-order valence-electron chi connectivity index (χ0n) is 14.0. The first-order valence-corrected chi connectivity index (χ1v) is 7.85. The lowest BCUT2D eigenvalue weighted by Crippen LogP contribution is -2.28. The summed E-state index contributed by atoms with van der Waals surface area (Å²) < 4.78 is 44.8. The molecular weight excluding hydrogens is 347 g/mol. The van der Waals surface area contributed by atoms with Crippen LogP contribution in [-0.4, -0.2) is 16.1 Å². The fourth-order valence-electron chi connectivity index (χ4n) is 2.62. The third-order valence-electron chi connectivity index (χ3n) is 3.90. The maximum Gasteiger partial charge on any atom is 0.416 e. The van der Waals surface area contributed by atoms with Crippen LogP contribution in [0.3, 0.4) is 0 Å². The van der Waals surface area contributed by atoms with E-state index in [9.17, 15) is 18.0 Å². The number of rotatable bonds is 4. The molecule has 0 bridgehead atoms. The smallest absolute Gasteiger partial charge is 0.416 e. The molecule has 26 heavy (non-hydrogen) atoms. The Bertz CT molecular complexity index is 928. The van der Waals surface area contributed by atoms with Crippen LogP contribution in [0.4, 0.5) is 13.2 Å². The molecule has 0 aliphatic carbocycles. The third kappa shape index (κ3) is 3.63. The number of carbonyl (C=O) groups is 1. The van der Waals surface area contributed by atoms with E-state index < -0.39 is 23.7 Å². The Morgan fingerprint density at radius 1 is 1.23 bits per heavy atom. The van der Waals surface area contributed by atoms with Crippen LogP contribution in [0.25, 0.3) is 11.5 Å². The number of amides is 1. The lowest BCUT2D eigenvalue weighted by atomic mass is 10.0. The number of alkyl halides is 3. The molecule has 2 aromatic heterocycles. The van der Waals surface area contributed by atoms with Crippen molar-refractivity contribution in [3.63, 3.8) is 0 Å². The Labute approximate surface area is 147 Å². The summed E-state index contributed by atoms with van der Waals surface area (Å²) in [6.07, 6.45) is -4.49. The molecule has 0 saturated carbocycles. The van der Waals surface area contributed by atoms with Gasteiger partial charge in [-0.05, 0) is 37.6 Å². The fourth-order valence-corrected chi connectivity index (χ4v) is 2.62. The minimum absolute atomic E-state index is 0.00855. The average Bonchev–Trinajstić information content (AvgIpc) is 3.22. The van der Waals surface area contributed by atoms with Crippen LogP contribution in [-0.2, 0) is 6.18 Å². The molecule has 1 amide bonds. The monoisotopic (exact) mass is 363 g/mol. The number of aromatic nitrogens is 2. The van der Waals surface area contributed by atoms with Gasteiger partial charge in [0, 0.05) is 6.07 Å². The van der Waals surface area contributed by atoms with E-state index in [1.165, 1.54) is 31.2 Å². The number of nitrogens with zero attached hydrogens (tertiary/aromatic N) is 1. The lowest BCUT2D eigenvalue weighted by molar-refractivity contribution is -0.138. The van der Waals surface area contributed by atoms with Crippen LogP contribution in [0.2, 0.25) is 0 Å². The first-order chi connectivity index (χ1) is 12.3.